The van der Waals surface area contributed by atoms with Crippen molar-refractivity contribution in [3.8, 4) is 11.1 Å². The molecule has 0 amide bonds. The molecule has 3 aromatic heterocycles. The third-order valence-corrected chi connectivity index (χ3v) is 9.09. The van der Waals surface area contributed by atoms with Gasteiger partial charge in [0.15, 0.2) is 11.4 Å². The van der Waals surface area contributed by atoms with Crippen LogP contribution in [0.1, 0.15) is 49.1 Å². The van der Waals surface area contributed by atoms with Gasteiger partial charge in [0.05, 0.1) is 12.1 Å². The minimum Gasteiger partial charge on any atom is -0.481 e. The Balaban J connectivity index is 1.24. The second kappa shape index (κ2) is 10.1. The lowest BCUT2D eigenvalue weighted by molar-refractivity contribution is -0.136. The first-order valence-electron chi connectivity index (χ1n) is 14.7. The van der Waals surface area contributed by atoms with Gasteiger partial charge in [-0.3, -0.25) is 9.78 Å². The second-order valence-electron chi connectivity index (χ2n) is 12.4. The van der Waals surface area contributed by atoms with E-state index in [0.29, 0.717) is 5.41 Å². The molecule has 2 aliphatic rings. The molecule has 7 rings (SSSR count). The van der Waals surface area contributed by atoms with E-state index in [1.165, 1.54) is 11.1 Å². The molecule has 2 aliphatic heterocycles. The highest BCUT2D eigenvalue weighted by molar-refractivity contribution is 6.05. The number of para-hydroxylation sites is 1. The number of carboxylic acid groups (broad SMARTS) is 1. The van der Waals surface area contributed by atoms with Gasteiger partial charge in [0.1, 0.15) is 17.4 Å². The van der Waals surface area contributed by atoms with Crippen LogP contribution >= 0.6 is 0 Å². The second-order valence-corrected chi connectivity index (χ2v) is 12.4. The Morgan fingerprint density at radius 2 is 1.81 bits per heavy atom. The summed E-state index contributed by atoms with van der Waals surface area (Å²) in [6, 6.07) is 14.6. The first kappa shape index (κ1) is 26.4. The number of piperidine rings is 1. The molecule has 0 spiro atoms. The smallest absolute Gasteiger partial charge is 0.307 e. The predicted molar refractivity (Wildman–Crippen MR) is 165 cm³/mol. The molecule has 42 heavy (non-hydrogen) atoms. The Bertz CT molecular complexity index is 1830. The lowest BCUT2D eigenvalue weighted by atomic mass is 9.82. The lowest BCUT2D eigenvalue weighted by Gasteiger charge is -2.40. The monoisotopic (exact) mass is 561 g/mol. The molecule has 8 nitrogen and oxygen atoms in total. The van der Waals surface area contributed by atoms with Gasteiger partial charge < -0.3 is 19.3 Å². The molecule has 5 aromatic rings. The van der Waals surface area contributed by atoms with Crippen molar-refractivity contribution in [3.63, 3.8) is 0 Å². The molecule has 0 bridgehead atoms. The van der Waals surface area contributed by atoms with Gasteiger partial charge in [-0.2, -0.15) is 0 Å². The molecule has 0 radical (unpaired) electrons. The molecular weight excluding hydrogens is 526 g/mol. The number of aliphatic carboxylic acids is 1. The fourth-order valence-corrected chi connectivity index (χ4v) is 6.54. The van der Waals surface area contributed by atoms with Gasteiger partial charge in [-0.1, -0.05) is 44.2 Å². The van der Waals surface area contributed by atoms with Crippen molar-refractivity contribution in [1.82, 2.24) is 15.0 Å². The summed E-state index contributed by atoms with van der Waals surface area (Å²) >= 11 is 0. The Hall–Kier alpha value is -4.46. The van der Waals surface area contributed by atoms with Gasteiger partial charge in [-0.15, -0.1) is 0 Å². The number of benzene rings is 2. The summed E-state index contributed by atoms with van der Waals surface area (Å²) in [6.45, 7) is 9.90. The van der Waals surface area contributed by atoms with Crippen molar-refractivity contribution in [2.24, 2.45) is 5.41 Å². The SMILES string of the molecule is Cc1ncc(-c2ccc3c(c2)CCN(c2ncnc4c2oc2ccccc24)C3)c(N2CCC(C)(C)CC2)c1CC(=O)O. The number of carboxylic acids is 1. The molecule has 214 valence electrons. The van der Waals surface area contributed by atoms with Crippen LogP contribution in [0.2, 0.25) is 0 Å². The molecular formula is C34H35N5O3. The van der Waals surface area contributed by atoms with E-state index in [2.05, 4.69) is 56.8 Å². The third kappa shape index (κ3) is 4.65. The third-order valence-electron chi connectivity index (χ3n) is 9.09. The van der Waals surface area contributed by atoms with Gasteiger partial charge >= 0.3 is 5.97 Å². The average molecular weight is 562 g/mol. The quantitative estimate of drug-likeness (QED) is 0.258. The predicted octanol–water partition coefficient (Wildman–Crippen LogP) is 6.56. The van der Waals surface area contributed by atoms with Gasteiger partial charge in [0.25, 0.3) is 0 Å². The molecule has 0 unspecified atom stereocenters. The fourth-order valence-electron chi connectivity index (χ4n) is 6.54. The summed E-state index contributed by atoms with van der Waals surface area (Å²) in [7, 11) is 0. The summed E-state index contributed by atoms with van der Waals surface area (Å²) in [6.07, 6.45) is 6.54. The number of aryl methyl sites for hydroxylation is 1. The molecule has 0 saturated carbocycles. The summed E-state index contributed by atoms with van der Waals surface area (Å²) < 4.78 is 6.21. The van der Waals surface area contributed by atoms with E-state index in [-0.39, 0.29) is 6.42 Å². The highest BCUT2D eigenvalue weighted by Crippen LogP contribution is 2.41. The van der Waals surface area contributed by atoms with E-state index in [4.69, 9.17) is 4.42 Å². The molecule has 5 heterocycles. The number of pyridine rings is 1. The zero-order valence-corrected chi connectivity index (χ0v) is 24.4. The van der Waals surface area contributed by atoms with Crippen LogP contribution in [0.5, 0.6) is 0 Å². The number of hydrogen-bond donors (Lipinski definition) is 1. The highest BCUT2D eigenvalue weighted by atomic mass is 16.4. The van der Waals surface area contributed by atoms with E-state index >= 15 is 0 Å². The number of rotatable bonds is 5. The lowest BCUT2D eigenvalue weighted by Crippen LogP contribution is -2.38. The maximum Gasteiger partial charge on any atom is 0.307 e. The zero-order chi connectivity index (χ0) is 29.0. The van der Waals surface area contributed by atoms with E-state index in [9.17, 15) is 9.90 Å². The molecule has 2 aromatic carbocycles. The topological polar surface area (TPSA) is 95.6 Å². The number of nitrogens with zero attached hydrogens (tertiary/aromatic N) is 5. The number of carbonyl (C=O) groups is 1. The zero-order valence-electron chi connectivity index (χ0n) is 24.4. The van der Waals surface area contributed by atoms with Crippen LogP contribution in [0.25, 0.3) is 33.2 Å². The number of fused-ring (bicyclic) bond motifs is 4. The molecule has 1 fully saturated rings. The van der Waals surface area contributed by atoms with E-state index < -0.39 is 5.97 Å². The van der Waals surface area contributed by atoms with E-state index in [1.54, 1.807) is 6.33 Å². The average Bonchev–Trinajstić information content (AvgIpc) is 3.37. The number of anilines is 2. The Morgan fingerprint density at radius 1 is 1.00 bits per heavy atom. The first-order valence-corrected chi connectivity index (χ1v) is 14.7. The van der Waals surface area contributed by atoms with Crippen LogP contribution in [-0.4, -0.2) is 45.7 Å². The Morgan fingerprint density at radius 3 is 2.62 bits per heavy atom. The minimum atomic E-state index is -0.829. The van der Waals surface area contributed by atoms with Crippen molar-refractivity contribution < 1.29 is 14.3 Å². The van der Waals surface area contributed by atoms with Gasteiger partial charge in [-0.25, -0.2) is 9.97 Å². The normalized spacial score (nSPS) is 16.6. The maximum absolute atomic E-state index is 11.9. The van der Waals surface area contributed by atoms with Crippen molar-refractivity contribution >= 4 is 39.5 Å². The number of aromatic nitrogens is 3. The molecule has 1 saturated heterocycles. The Labute approximate surface area is 245 Å². The van der Waals surface area contributed by atoms with Crippen LogP contribution in [0.3, 0.4) is 0 Å². The van der Waals surface area contributed by atoms with Gasteiger partial charge in [0, 0.05) is 54.6 Å². The van der Waals surface area contributed by atoms with Crippen LogP contribution < -0.4 is 9.80 Å². The first-order chi connectivity index (χ1) is 20.3. The van der Waals surface area contributed by atoms with E-state index in [1.807, 2.05) is 37.4 Å². The summed E-state index contributed by atoms with van der Waals surface area (Å²) in [5.41, 5.74) is 9.97. The van der Waals surface area contributed by atoms with Crippen LogP contribution in [0.4, 0.5) is 11.5 Å². The largest absolute Gasteiger partial charge is 0.481 e. The summed E-state index contributed by atoms with van der Waals surface area (Å²) in [4.78, 5) is 30.4. The van der Waals surface area contributed by atoms with Crippen LogP contribution in [-0.2, 0) is 24.2 Å². The van der Waals surface area contributed by atoms with Crippen molar-refractivity contribution in [2.75, 3.05) is 29.4 Å². The van der Waals surface area contributed by atoms with Crippen molar-refractivity contribution in [2.45, 2.75) is 53.0 Å². The summed E-state index contributed by atoms with van der Waals surface area (Å²) in [5, 5.41) is 10.8. The summed E-state index contributed by atoms with van der Waals surface area (Å²) in [5.74, 6) is -0.00765. The molecule has 1 N–H and O–H groups in total. The van der Waals surface area contributed by atoms with Crippen LogP contribution in [0.15, 0.2) is 59.4 Å². The molecule has 8 heteroatoms. The van der Waals surface area contributed by atoms with Gasteiger partial charge in [0.2, 0.25) is 0 Å². The Kier molecular flexibility index (Phi) is 6.37. The van der Waals surface area contributed by atoms with Gasteiger partial charge in [-0.05, 0) is 60.4 Å². The van der Waals surface area contributed by atoms with Crippen LogP contribution in [0, 0.1) is 12.3 Å². The fraction of sp³-hybridized carbons (Fsp3) is 0.353. The minimum absolute atomic E-state index is 0.0308. The molecule has 0 atom stereocenters. The van der Waals surface area contributed by atoms with Crippen molar-refractivity contribution in [3.05, 3.63) is 77.4 Å². The highest BCUT2D eigenvalue weighted by Gasteiger charge is 2.30. The van der Waals surface area contributed by atoms with Crippen molar-refractivity contribution in [1.29, 1.82) is 0 Å². The van der Waals surface area contributed by atoms with E-state index in [0.717, 1.165) is 101 Å². The molecule has 0 aliphatic carbocycles. The number of furan rings is 1. The number of hydrogen-bond acceptors (Lipinski definition) is 7. The maximum atomic E-state index is 11.9. The standard InChI is InChI=1S/C34H35N5O3/c1-21-26(17-29(40)41)31(38-14-11-34(2,3)12-15-38)27(18-35-21)23-8-9-24-19-39(13-10-22(24)16-23)33-32-30(36-20-37-33)25-6-4-5-7-28(25)42-32/h4-9,16,18,20H,10-15,17,19H2,1-3H3,(H,40,41).